The van der Waals surface area contributed by atoms with Crippen molar-refractivity contribution in [3.8, 4) is 0 Å². The van der Waals surface area contributed by atoms with E-state index in [4.69, 9.17) is 4.74 Å². The molecule has 0 spiro atoms. The summed E-state index contributed by atoms with van der Waals surface area (Å²) >= 11 is 0. The molecule has 0 aromatic heterocycles. The molecule has 0 saturated heterocycles. The first-order chi connectivity index (χ1) is 10.9. The van der Waals surface area contributed by atoms with Crippen LogP contribution in [0.4, 0.5) is 0 Å². The van der Waals surface area contributed by atoms with Gasteiger partial charge in [-0.05, 0) is 45.2 Å². The van der Waals surface area contributed by atoms with Crippen LogP contribution < -0.4 is 16.0 Å². The van der Waals surface area contributed by atoms with Gasteiger partial charge in [0.1, 0.15) is 6.04 Å². The molecular weight excluding hydrogens is 294 g/mol. The summed E-state index contributed by atoms with van der Waals surface area (Å²) in [6.45, 7) is 11.8. The summed E-state index contributed by atoms with van der Waals surface area (Å²) in [4.78, 5) is 23.0. The number of ether oxygens (including phenoxy) is 1. The van der Waals surface area contributed by atoms with Crippen LogP contribution in [0.25, 0.3) is 0 Å². The fraction of sp³-hybridized carbons (Fsp3) is 0.882. The zero-order valence-corrected chi connectivity index (χ0v) is 15.4. The molecule has 0 rings (SSSR count). The highest BCUT2D eigenvalue weighted by molar-refractivity contribution is 5.83. The summed E-state index contributed by atoms with van der Waals surface area (Å²) in [6.07, 6.45) is 3.91. The Bertz CT molecular complexity index is 337. The largest absolute Gasteiger partial charge is 0.464 e. The highest BCUT2D eigenvalue weighted by Crippen LogP contribution is 2.08. The molecule has 3 N–H and O–H groups in total. The molecule has 3 unspecified atom stereocenters. The maximum absolute atomic E-state index is 11.8. The molecule has 0 heterocycles. The van der Waals surface area contributed by atoms with Crippen molar-refractivity contribution in [1.29, 1.82) is 0 Å². The number of rotatable bonds is 13. The molecular formula is C17H35N3O3. The van der Waals surface area contributed by atoms with Crippen molar-refractivity contribution in [3.63, 3.8) is 0 Å². The van der Waals surface area contributed by atoms with Gasteiger partial charge in [0.05, 0.1) is 12.8 Å². The lowest BCUT2D eigenvalue weighted by molar-refractivity contribution is -0.147. The third kappa shape index (κ3) is 11.1. The SMILES string of the molecule is CCNC(CC(C)CC)NCCCC(NC(C)=O)C(=O)OCC. The van der Waals surface area contributed by atoms with Gasteiger partial charge in [0.15, 0.2) is 0 Å². The molecule has 0 aliphatic heterocycles. The minimum absolute atomic E-state index is 0.210. The summed E-state index contributed by atoms with van der Waals surface area (Å²) in [6, 6.07) is -0.554. The smallest absolute Gasteiger partial charge is 0.328 e. The van der Waals surface area contributed by atoms with Crippen molar-refractivity contribution < 1.29 is 14.3 Å². The predicted molar refractivity (Wildman–Crippen MR) is 93.0 cm³/mol. The molecule has 0 saturated carbocycles. The lowest BCUT2D eigenvalue weighted by Gasteiger charge is -2.23. The summed E-state index contributed by atoms with van der Waals surface area (Å²) in [5.74, 6) is 0.0991. The van der Waals surface area contributed by atoms with Crippen molar-refractivity contribution in [1.82, 2.24) is 16.0 Å². The summed E-state index contributed by atoms with van der Waals surface area (Å²) in [5, 5.41) is 9.59. The minimum atomic E-state index is -0.554. The lowest BCUT2D eigenvalue weighted by atomic mass is 10.0. The van der Waals surface area contributed by atoms with Crippen LogP contribution in [0.2, 0.25) is 0 Å². The minimum Gasteiger partial charge on any atom is -0.464 e. The molecule has 6 heteroatoms. The molecule has 23 heavy (non-hydrogen) atoms. The Morgan fingerprint density at radius 3 is 2.35 bits per heavy atom. The molecule has 0 aliphatic rings. The first-order valence-corrected chi connectivity index (χ1v) is 8.84. The van der Waals surface area contributed by atoms with Gasteiger partial charge < -0.3 is 20.7 Å². The van der Waals surface area contributed by atoms with E-state index in [1.54, 1.807) is 6.92 Å². The molecule has 136 valence electrons. The maximum Gasteiger partial charge on any atom is 0.328 e. The average Bonchev–Trinajstić information content (AvgIpc) is 2.49. The van der Waals surface area contributed by atoms with E-state index in [1.165, 1.54) is 6.92 Å². The summed E-state index contributed by atoms with van der Waals surface area (Å²) < 4.78 is 5.00. The van der Waals surface area contributed by atoms with Gasteiger partial charge in [-0.3, -0.25) is 4.79 Å². The molecule has 0 aliphatic carbocycles. The van der Waals surface area contributed by atoms with Crippen molar-refractivity contribution >= 4 is 11.9 Å². The van der Waals surface area contributed by atoms with Crippen LogP contribution in [0.5, 0.6) is 0 Å². The van der Waals surface area contributed by atoms with Gasteiger partial charge in [-0.25, -0.2) is 4.79 Å². The van der Waals surface area contributed by atoms with Gasteiger partial charge >= 0.3 is 5.97 Å². The molecule has 0 aromatic rings. The van der Waals surface area contributed by atoms with E-state index in [0.29, 0.717) is 18.9 Å². The number of esters is 1. The number of nitrogens with one attached hydrogen (secondary N) is 3. The van der Waals surface area contributed by atoms with E-state index in [1.807, 2.05) is 0 Å². The standard InChI is InChI=1S/C17H35N3O3/c1-6-13(4)12-16(18-7-2)19-11-9-10-15(20-14(5)21)17(22)23-8-3/h13,15-16,18-19H,6-12H2,1-5H3,(H,20,21). The Hall–Kier alpha value is -1.14. The van der Waals surface area contributed by atoms with Gasteiger partial charge in [-0.15, -0.1) is 0 Å². The summed E-state index contributed by atoms with van der Waals surface area (Å²) in [7, 11) is 0. The quantitative estimate of drug-likeness (QED) is 0.273. The highest BCUT2D eigenvalue weighted by Gasteiger charge is 2.20. The number of hydrogen-bond acceptors (Lipinski definition) is 5. The van der Waals surface area contributed by atoms with E-state index in [9.17, 15) is 9.59 Å². The van der Waals surface area contributed by atoms with E-state index in [-0.39, 0.29) is 18.0 Å². The molecule has 1 amide bonds. The van der Waals surface area contributed by atoms with Gasteiger partial charge in [0.25, 0.3) is 0 Å². The third-order valence-corrected chi connectivity index (χ3v) is 3.79. The fourth-order valence-corrected chi connectivity index (χ4v) is 2.37. The van der Waals surface area contributed by atoms with Gasteiger partial charge in [-0.2, -0.15) is 0 Å². The van der Waals surface area contributed by atoms with Crippen LogP contribution in [-0.2, 0) is 14.3 Å². The van der Waals surface area contributed by atoms with Crippen LogP contribution in [0.15, 0.2) is 0 Å². The molecule has 0 fully saturated rings. The second-order valence-corrected chi connectivity index (χ2v) is 5.96. The van der Waals surface area contributed by atoms with Crippen LogP contribution in [-0.4, -0.2) is 43.8 Å². The summed E-state index contributed by atoms with van der Waals surface area (Å²) in [5.41, 5.74) is 0. The fourth-order valence-electron chi connectivity index (χ4n) is 2.37. The molecule has 0 aromatic carbocycles. The molecule has 0 radical (unpaired) electrons. The average molecular weight is 329 g/mol. The van der Waals surface area contributed by atoms with Crippen LogP contribution in [0.1, 0.15) is 60.3 Å². The van der Waals surface area contributed by atoms with E-state index >= 15 is 0 Å². The van der Waals surface area contributed by atoms with E-state index in [2.05, 4.69) is 36.7 Å². The highest BCUT2D eigenvalue weighted by atomic mass is 16.5. The van der Waals surface area contributed by atoms with Gasteiger partial charge in [0.2, 0.25) is 5.91 Å². The molecule has 3 atom stereocenters. The normalized spacial score (nSPS) is 14.8. The van der Waals surface area contributed by atoms with Crippen molar-refractivity contribution in [2.45, 2.75) is 72.5 Å². The Balaban J connectivity index is 4.23. The predicted octanol–water partition coefficient (Wildman–Crippen LogP) is 1.80. The number of hydrogen-bond donors (Lipinski definition) is 3. The first-order valence-electron chi connectivity index (χ1n) is 8.84. The number of amides is 1. The monoisotopic (exact) mass is 329 g/mol. The Labute approximate surface area is 141 Å². The second-order valence-electron chi connectivity index (χ2n) is 5.96. The van der Waals surface area contributed by atoms with E-state index < -0.39 is 6.04 Å². The zero-order valence-electron chi connectivity index (χ0n) is 15.4. The molecule has 6 nitrogen and oxygen atoms in total. The van der Waals surface area contributed by atoms with Crippen molar-refractivity contribution in [3.05, 3.63) is 0 Å². The second kappa shape index (κ2) is 13.3. The number of carbonyl (C=O) groups is 2. The molecule has 0 bridgehead atoms. The topological polar surface area (TPSA) is 79.5 Å². The van der Waals surface area contributed by atoms with Crippen LogP contribution >= 0.6 is 0 Å². The van der Waals surface area contributed by atoms with E-state index in [0.717, 1.165) is 32.4 Å². The zero-order chi connectivity index (χ0) is 17.7. The van der Waals surface area contributed by atoms with Crippen molar-refractivity contribution in [2.24, 2.45) is 5.92 Å². The van der Waals surface area contributed by atoms with Gasteiger partial charge in [0, 0.05) is 6.92 Å². The maximum atomic E-state index is 11.8. The Morgan fingerprint density at radius 2 is 1.83 bits per heavy atom. The Kier molecular flexibility index (Phi) is 12.7. The lowest BCUT2D eigenvalue weighted by Crippen LogP contribution is -2.45. The van der Waals surface area contributed by atoms with Crippen LogP contribution in [0.3, 0.4) is 0 Å². The van der Waals surface area contributed by atoms with Crippen molar-refractivity contribution in [2.75, 3.05) is 19.7 Å². The first kappa shape index (κ1) is 21.9. The number of carbonyl (C=O) groups excluding carboxylic acids is 2. The Morgan fingerprint density at radius 1 is 1.13 bits per heavy atom. The van der Waals surface area contributed by atoms with Gasteiger partial charge in [-0.1, -0.05) is 27.2 Å². The van der Waals surface area contributed by atoms with Crippen LogP contribution in [0, 0.1) is 5.92 Å². The third-order valence-electron chi connectivity index (χ3n) is 3.79.